The molecule has 0 amide bonds. The second-order valence-electron chi connectivity index (χ2n) is 4.06. The number of rotatable bonds is 9. The SMILES string of the molecule is CCCNc1cncc(N(CCO)CCOC)c1. The van der Waals surface area contributed by atoms with Crippen LogP contribution in [0.1, 0.15) is 13.3 Å². The molecule has 0 unspecified atom stereocenters. The number of aromatic nitrogens is 1. The predicted octanol–water partition coefficient (Wildman–Crippen LogP) is 1.35. The van der Waals surface area contributed by atoms with Crippen LogP contribution in [0.2, 0.25) is 0 Å². The van der Waals surface area contributed by atoms with Crippen molar-refractivity contribution in [2.24, 2.45) is 0 Å². The first-order valence-corrected chi connectivity index (χ1v) is 6.35. The fraction of sp³-hybridized carbons (Fsp3) is 0.615. The van der Waals surface area contributed by atoms with Gasteiger partial charge in [-0.3, -0.25) is 4.98 Å². The van der Waals surface area contributed by atoms with E-state index in [4.69, 9.17) is 9.84 Å². The van der Waals surface area contributed by atoms with E-state index in [1.807, 2.05) is 18.5 Å². The number of hydrogen-bond donors (Lipinski definition) is 2. The number of aliphatic hydroxyl groups excluding tert-OH is 1. The quantitative estimate of drug-likeness (QED) is 0.695. The number of aliphatic hydroxyl groups is 1. The van der Waals surface area contributed by atoms with Gasteiger partial charge in [0.2, 0.25) is 0 Å². The zero-order valence-electron chi connectivity index (χ0n) is 11.2. The van der Waals surface area contributed by atoms with Gasteiger partial charge in [0.15, 0.2) is 0 Å². The molecule has 0 saturated carbocycles. The highest BCUT2D eigenvalue weighted by atomic mass is 16.5. The Labute approximate surface area is 109 Å². The van der Waals surface area contributed by atoms with Crippen LogP contribution in [0.15, 0.2) is 18.5 Å². The van der Waals surface area contributed by atoms with Gasteiger partial charge < -0.3 is 20.1 Å². The van der Waals surface area contributed by atoms with E-state index < -0.39 is 0 Å². The number of pyridine rings is 1. The minimum Gasteiger partial charge on any atom is -0.395 e. The Kier molecular flexibility index (Phi) is 7.13. The van der Waals surface area contributed by atoms with Crippen LogP contribution in [-0.4, -0.2) is 50.0 Å². The van der Waals surface area contributed by atoms with Crippen LogP contribution in [0.3, 0.4) is 0 Å². The highest BCUT2D eigenvalue weighted by Gasteiger charge is 2.06. The lowest BCUT2D eigenvalue weighted by Gasteiger charge is -2.23. The first-order valence-electron chi connectivity index (χ1n) is 6.35. The van der Waals surface area contributed by atoms with Crippen LogP contribution in [-0.2, 0) is 4.74 Å². The van der Waals surface area contributed by atoms with E-state index in [0.717, 1.165) is 30.9 Å². The standard InChI is InChI=1S/C13H23N3O2/c1-3-4-15-12-9-13(11-14-10-12)16(5-7-17)6-8-18-2/h9-11,15,17H,3-8H2,1-2H3. The van der Waals surface area contributed by atoms with E-state index >= 15 is 0 Å². The van der Waals surface area contributed by atoms with Gasteiger partial charge in [-0.15, -0.1) is 0 Å². The summed E-state index contributed by atoms with van der Waals surface area (Å²) in [7, 11) is 1.68. The molecule has 2 N–H and O–H groups in total. The molecule has 0 saturated heterocycles. The van der Waals surface area contributed by atoms with Crippen molar-refractivity contribution in [1.82, 2.24) is 4.98 Å². The summed E-state index contributed by atoms with van der Waals surface area (Å²) < 4.78 is 5.08. The first kappa shape index (κ1) is 14.7. The van der Waals surface area contributed by atoms with Gasteiger partial charge in [-0.05, 0) is 12.5 Å². The van der Waals surface area contributed by atoms with E-state index in [2.05, 4.69) is 22.1 Å². The lowest BCUT2D eigenvalue weighted by molar-refractivity contribution is 0.203. The Morgan fingerprint density at radius 1 is 1.39 bits per heavy atom. The average Bonchev–Trinajstić information content (AvgIpc) is 2.41. The largest absolute Gasteiger partial charge is 0.395 e. The van der Waals surface area contributed by atoms with Crippen molar-refractivity contribution in [2.45, 2.75) is 13.3 Å². The molecule has 0 radical (unpaired) electrons. The number of nitrogens with zero attached hydrogens (tertiary/aromatic N) is 2. The van der Waals surface area contributed by atoms with Gasteiger partial charge in [-0.25, -0.2) is 0 Å². The molecule has 0 aliphatic carbocycles. The third-order valence-corrected chi connectivity index (χ3v) is 2.60. The van der Waals surface area contributed by atoms with Crippen molar-refractivity contribution >= 4 is 11.4 Å². The molecule has 0 fully saturated rings. The lowest BCUT2D eigenvalue weighted by atomic mass is 10.3. The second-order valence-corrected chi connectivity index (χ2v) is 4.06. The molecule has 0 aliphatic rings. The molecule has 1 aromatic rings. The molecule has 1 aromatic heterocycles. The number of hydrogen-bond acceptors (Lipinski definition) is 5. The van der Waals surface area contributed by atoms with Crippen molar-refractivity contribution in [3.8, 4) is 0 Å². The molecule has 0 aromatic carbocycles. The highest BCUT2D eigenvalue weighted by molar-refractivity contribution is 5.55. The molecule has 5 heteroatoms. The third kappa shape index (κ3) is 4.89. The van der Waals surface area contributed by atoms with Crippen LogP contribution in [0.5, 0.6) is 0 Å². The minimum atomic E-state index is 0.121. The Hall–Kier alpha value is -1.33. The minimum absolute atomic E-state index is 0.121. The fourth-order valence-electron chi connectivity index (χ4n) is 1.66. The Balaban J connectivity index is 2.70. The van der Waals surface area contributed by atoms with Crippen molar-refractivity contribution in [3.63, 3.8) is 0 Å². The molecule has 0 atom stereocenters. The summed E-state index contributed by atoms with van der Waals surface area (Å²) in [6.07, 6.45) is 4.70. The van der Waals surface area contributed by atoms with Gasteiger partial charge in [0.1, 0.15) is 0 Å². The van der Waals surface area contributed by atoms with Crippen LogP contribution in [0, 0.1) is 0 Å². The zero-order chi connectivity index (χ0) is 13.2. The monoisotopic (exact) mass is 253 g/mol. The maximum atomic E-state index is 9.09. The Morgan fingerprint density at radius 2 is 2.22 bits per heavy atom. The van der Waals surface area contributed by atoms with Crippen molar-refractivity contribution in [2.75, 3.05) is 50.2 Å². The molecule has 102 valence electrons. The van der Waals surface area contributed by atoms with Crippen molar-refractivity contribution in [1.29, 1.82) is 0 Å². The number of methoxy groups -OCH3 is 1. The molecule has 1 heterocycles. The summed E-state index contributed by atoms with van der Waals surface area (Å²) in [6.45, 7) is 5.14. The van der Waals surface area contributed by atoms with Gasteiger partial charge in [0, 0.05) is 26.7 Å². The predicted molar refractivity (Wildman–Crippen MR) is 74.2 cm³/mol. The van der Waals surface area contributed by atoms with E-state index in [9.17, 15) is 0 Å². The summed E-state index contributed by atoms with van der Waals surface area (Å²) in [5.74, 6) is 0. The van der Waals surface area contributed by atoms with Crippen molar-refractivity contribution in [3.05, 3.63) is 18.5 Å². The number of ether oxygens (including phenoxy) is 1. The zero-order valence-corrected chi connectivity index (χ0v) is 11.2. The van der Waals surface area contributed by atoms with Crippen LogP contribution in [0.25, 0.3) is 0 Å². The van der Waals surface area contributed by atoms with Gasteiger partial charge in [0.25, 0.3) is 0 Å². The fourth-order valence-corrected chi connectivity index (χ4v) is 1.66. The van der Waals surface area contributed by atoms with Crippen LogP contribution < -0.4 is 10.2 Å². The normalized spacial score (nSPS) is 10.4. The van der Waals surface area contributed by atoms with E-state index in [1.54, 1.807) is 7.11 Å². The van der Waals surface area contributed by atoms with E-state index in [0.29, 0.717) is 13.2 Å². The lowest BCUT2D eigenvalue weighted by Crippen LogP contribution is -2.30. The molecule has 0 spiro atoms. The smallest absolute Gasteiger partial charge is 0.0637 e. The van der Waals surface area contributed by atoms with Crippen LogP contribution in [0.4, 0.5) is 11.4 Å². The topological polar surface area (TPSA) is 57.6 Å². The summed E-state index contributed by atoms with van der Waals surface area (Å²) in [6, 6.07) is 2.05. The van der Waals surface area contributed by atoms with Gasteiger partial charge >= 0.3 is 0 Å². The van der Waals surface area contributed by atoms with E-state index in [1.165, 1.54) is 0 Å². The number of anilines is 2. The van der Waals surface area contributed by atoms with Gasteiger partial charge in [-0.1, -0.05) is 6.92 Å². The molecule has 0 bridgehead atoms. The van der Waals surface area contributed by atoms with E-state index in [-0.39, 0.29) is 6.61 Å². The molecule has 0 aliphatic heterocycles. The Morgan fingerprint density at radius 3 is 2.89 bits per heavy atom. The molecule has 5 nitrogen and oxygen atoms in total. The summed E-state index contributed by atoms with van der Waals surface area (Å²) >= 11 is 0. The maximum Gasteiger partial charge on any atom is 0.0637 e. The second kappa shape index (κ2) is 8.72. The highest BCUT2D eigenvalue weighted by Crippen LogP contribution is 2.17. The summed E-state index contributed by atoms with van der Waals surface area (Å²) in [4.78, 5) is 6.29. The maximum absolute atomic E-state index is 9.09. The molecule has 18 heavy (non-hydrogen) atoms. The molecular formula is C13H23N3O2. The first-order chi connectivity index (χ1) is 8.81. The Bertz CT molecular complexity index is 334. The molecular weight excluding hydrogens is 230 g/mol. The summed E-state index contributed by atoms with van der Waals surface area (Å²) in [5.41, 5.74) is 2.01. The number of nitrogens with one attached hydrogen (secondary N) is 1. The average molecular weight is 253 g/mol. The molecule has 1 rings (SSSR count). The van der Waals surface area contributed by atoms with Gasteiger partial charge in [0.05, 0.1) is 37.0 Å². The van der Waals surface area contributed by atoms with Gasteiger partial charge in [-0.2, -0.15) is 0 Å². The van der Waals surface area contributed by atoms with Crippen LogP contribution >= 0.6 is 0 Å². The third-order valence-electron chi connectivity index (χ3n) is 2.60. The summed E-state index contributed by atoms with van der Waals surface area (Å²) in [5, 5.41) is 12.4. The van der Waals surface area contributed by atoms with Crippen molar-refractivity contribution < 1.29 is 9.84 Å².